The molecule has 1 aromatic rings. The molecule has 3 aliphatic rings. The highest BCUT2D eigenvalue weighted by atomic mass is 19.1. The lowest BCUT2D eigenvalue weighted by Crippen LogP contribution is -2.51. The van der Waals surface area contributed by atoms with Gasteiger partial charge in [-0.25, -0.2) is 4.39 Å². The van der Waals surface area contributed by atoms with Crippen LogP contribution in [0.2, 0.25) is 0 Å². The van der Waals surface area contributed by atoms with Crippen molar-refractivity contribution in [2.75, 3.05) is 63.8 Å². The standard InChI is InChI=1S/C24H37FN4O2/c1-19-16-26(17-20(2)31-19)18-23-4-3-10-27(23)11-9-24(30)29-14-12-28(13-15-29)22-7-5-21(25)6-8-22/h5-8,19-20,23H,3-4,9-18H2,1-2H3. The molecule has 0 aliphatic carbocycles. The van der Waals surface area contributed by atoms with Crippen LogP contribution in [-0.2, 0) is 9.53 Å². The number of halogens is 1. The predicted molar refractivity (Wildman–Crippen MR) is 121 cm³/mol. The Balaban J connectivity index is 1.21. The van der Waals surface area contributed by atoms with Crippen LogP contribution in [-0.4, -0.2) is 97.8 Å². The van der Waals surface area contributed by atoms with Crippen LogP contribution in [0.4, 0.5) is 10.1 Å². The van der Waals surface area contributed by atoms with Gasteiger partial charge in [0, 0.05) is 70.5 Å². The third-order valence-corrected chi connectivity index (χ3v) is 6.90. The first-order valence-corrected chi connectivity index (χ1v) is 11.9. The number of morpholine rings is 1. The summed E-state index contributed by atoms with van der Waals surface area (Å²) in [6.07, 6.45) is 3.65. The summed E-state index contributed by atoms with van der Waals surface area (Å²) >= 11 is 0. The third kappa shape index (κ3) is 5.96. The summed E-state index contributed by atoms with van der Waals surface area (Å²) in [6, 6.07) is 7.18. The van der Waals surface area contributed by atoms with Gasteiger partial charge in [-0.05, 0) is 57.5 Å². The van der Waals surface area contributed by atoms with E-state index in [-0.39, 0.29) is 11.7 Å². The highest BCUT2D eigenvalue weighted by Gasteiger charge is 2.30. The number of rotatable bonds is 6. The molecule has 7 heteroatoms. The monoisotopic (exact) mass is 432 g/mol. The number of amides is 1. The van der Waals surface area contributed by atoms with Gasteiger partial charge in [0.05, 0.1) is 12.2 Å². The molecule has 0 aromatic heterocycles. The second-order valence-electron chi connectivity index (χ2n) is 9.40. The van der Waals surface area contributed by atoms with Crippen LogP contribution in [0.1, 0.15) is 33.1 Å². The van der Waals surface area contributed by atoms with Crippen molar-refractivity contribution in [2.45, 2.75) is 51.4 Å². The third-order valence-electron chi connectivity index (χ3n) is 6.90. The van der Waals surface area contributed by atoms with E-state index in [0.29, 0.717) is 24.7 Å². The van der Waals surface area contributed by atoms with Crippen molar-refractivity contribution in [3.63, 3.8) is 0 Å². The van der Waals surface area contributed by atoms with E-state index >= 15 is 0 Å². The maximum atomic E-state index is 13.1. The Hall–Kier alpha value is -1.70. The van der Waals surface area contributed by atoms with Gasteiger partial charge in [-0.2, -0.15) is 0 Å². The first kappa shape index (κ1) is 22.5. The van der Waals surface area contributed by atoms with Crippen molar-refractivity contribution in [1.82, 2.24) is 14.7 Å². The van der Waals surface area contributed by atoms with E-state index in [4.69, 9.17) is 4.74 Å². The number of nitrogens with zero attached hydrogens (tertiary/aromatic N) is 4. The maximum absolute atomic E-state index is 13.1. The summed E-state index contributed by atoms with van der Waals surface area (Å²) in [6.45, 7) is 12.5. The number of likely N-dealkylation sites (tertiary alicyclic amines) is 1. The average molecular weight is 433 g/mol. The van der Waals surface area contributed by atoms with E-state index in [1.54, 1.807) is 0 Å². The molecule has 0 radical (unpaired) electrons. The number of benzene rings is 1. The lowest BCUT2D eigenvalue weighted by molar-refractivity contribution is -0.131. The number of ether oxygens (including phenoxy) is 1. The first-order chi connectivity index (χ1) is 15.0. The lowest BCUT2D eigenvalue weighted by atomic mass is 10.1. The van der Waals surface area contributed by atoms with E-state index in [1.807, 2.05) is 17.0 Å². The van der Waals surface area contributed by atoms with Crippen LogP contribution >= 0.6 is 0 Å². The zero-order valence-corrected chi connectivity index (χ0v) is 19.0. The molecule has 0 N–H and O–H groups in total. The van der Waals surface area contributed by atoms with Gasteiger partial charge in [-0.1, -0.05) is 0 Å². The molecule has 1 amide bonds. The Morgan fingerprint density at radius 2 is 1.71 bits per heavy atom. The van der Waals surface area contributed by atoms with E-state index in [2.05, 4.69) is 28.5 Å². The van der Waals surface area contributed by atoms with Crippen molar-refractivity contribution in [1.29, 1.82) is 0 Å². The van der Waals surface area contributed by atoms with E-state index < -0.39 is 0 Å². The largest absolute Gasteiger partial charge is 0.373 e. The quantitative estimate of drug-likeness (QED) is 0.691. The van der Waals surface area contributed by atoms with Gasteiger partial charge in [-0.3, -0.25) is 14.6 Å². The van der Waals surface area contributed by atoms with Gasteiger partial charge in [0.15, 0.2) is 0 Å². The zero-order valence-electron chi connectivity index (χ0n) is 19.0. The van der Waals surface area contributed by atoms with Crippen LogP contribution < -0.4 is 4.90 Å². The number of anilines is 1. The number of hydrogen-bond acceptors (Lipinski definition) is 5. The maximum Gasteiger partial charge on any atom is 0.223 e. The fourth-order valence-electron chi connectivity index (χ4n) is 5.39. The molecule has 3 saturated heterocycles. The number of carbonyl (C=O) groups is 1. The van der Waals surface area contributed by atoms with Crippen LogP contribution in [0, 0.1) is 5.82 Å². The van der Waals surface area contributed by atoms with Gasteiger partial charge in [0.1, 0.15) is 5.82 Å². The normalized spacial score (nSPS) is 28.3. The van der Waals surface area contributed by atoms with Crippen LogP contribution in [0.5, 0.6) is 0 Å². The highest BCUT2D eigenvalue weighted by Crippen LogP contribution is 2.22. The molecule has 4 rings (SSSR count). The molecular formula is C24H37FN4O2. The molecule has 1 aromatic carbocycles. The summed E-state index contributed by atoms with van der Waals surface area (Å²) < 4.78 is 19.0. The van der Waals surface area contributed by atoms with Crippen molar-refractivity contribution in [3.8, 4) is 0 Å². The first-order valence-electron chi connectivity index (χ1n) is 11.9. The Bertz CT molecular complexity index is 713. The van der Waals surface area contributed by atoms with Crippen molar-refractivity contribution < 1.29 is 13.9 Å². The van der Waals surface area contributed by atoms with E-state index in [0.717, 1.165) is 64.6 Å². The minimum atomic E-state index is -0.213. The SMILES string of the molecule is CC1CN(CC2CCCN2CCC(=O)N2CCN(c3ccc(F)cc3)CC2)CC(C)O1. The lowest BCUT2D eigenvalue weighted by Gasteiger charge is -2.38. The molecule has 3 heterocycles. The molecule has 3 atom stereocenters. The number of hydrogen-bond donors (Lipinski definition) is 0. The summed E-state index contributed by atoms with van der Waals surface area (Å²) in [5.41, 5.74) is 1.03. The van der Waals surface area contributed by atoms with Gasteiger partial charge in [-0.15, -0.1) is 0 Å². The van der Waals surface area contributed by atoms with Crippen LogP contribution in [0.25, 0.3) is 0 Å². The van der Waals surface area contributed by atoms with Crippen LogP contribution in [0.3, 0.4) is 0 Å². The van der Waals surface area contributed by atoms with Crippen molar-refractivity contribution in [3.05, 3.63) is 30.1 Å². The molecule has 6 nitrogen and oxygen atoms in total. The Morgan fingerprint density at radius 1 is 1.03 bits per heavy atom. The van der Waals surface area contributed by atoms with Gasteiger partial charge in [0.2, 0.25) is 5.91 Å². The summed E-state index contributed by atoms with van der Waals surface area (Å²) in [5, 5.41) is 0. The Morgan fingerprint density at radius 3 is 2.39 bits per heavy atom. The molecule has 0 bridgehead atoms. The molecule has 3 fully saturated rings. The molecular weight excluding hydrogens is 395 g/mol. The van der Waals surface area contributed by atoms with E-state index in [1.165, 1.54) is 25.0 Å². The summed E-state index contributed by atoms with van der Waals surface area (Å²) in [7, 11) is 0. The summed E-state index contributed by atoms with van der Waals surface area (Å²) in [5.74, 6) is 0.0495. The molecule has 172 valence electrons. The smallest absolute Gasteiger partial charge is 0.223 e. The number of carbonyl (C=O) groups excluding carboxylic acids is 1. The van der Waals surface area contributed by atoms with Gasteiger partial charge in [0.25, 0.3) is 0 Å². The van der Waals surface area contributed by atoms with Gasteiger partial charge >= 0.3 is 0 Å². The number of piperazine rings is 1. The Kier molecular flexibility index (Phi) is 7.46. The van der Waals surface area contributed by atoms with E-state index in [9.17, 15) is 9.18 Å². The van der Waals surface area contributed by atoms with Crippen molar-refractivity contribution >= 4 is 11.6 Å². The molecule has 0 spiro atoms. The van der Waals surface area contributed by atoms with Crippen LogP contribution in [0.15, 0.2) is 24.3 Å². The molecule has 0 saturated carbocycles. The Labute approximate surface area is 185 Å². The topological polar surface area (TPSA) is 39.3 Å². The molecule has 3 aliphatic heterocycles. The second kappa shape index (κ2) is 10.3. The highest BCUT2D eigenvalue weighted by molar-refractivity contribution is 5.76. The van der Waals surface area contributed by atoms with Crippen molar-refractivity contribution in [2.24, 2.45) is 0 Å². The fraction of sp³-hybridized carbons (Fsp3) is 0.708. The summed E-state index contributed by atoms with van der Waals surface area (Å²) in [4.78, 5) is 22.1. The fourth-order valence-corrected chi connectivity index (χ4v) is 5.39. The zero-order chi connectivity index (χ0) is 21.8. The average Bonchev–Trinajstić information content (AvgIpc) is 3.19. The molecule has 31 heavy (non-hydrogen) atoms. The predicted octanol–water partition coefficient (Wildman–Crippen LogP) is 2.44. The molecule has 3 unspecified atom stereocenters. The van der Waals surface area contributed by atoms with Gasteiger partial charge < -0.3 is 14.5 Å². The minimum absolute atomic E-state index is 0.213. The minimum Gasteiger partial charge on any atom is -0.373 e. The second-order valence-corrected chi connectivity index (χ2v) is 9.40.